The highest BCUT2D eigenvalue weighted by molar-refractivity contribution is 5.55. The number of nitrogens with one attached hydrogen (secondary N) is 1. The lowest BCUT2D eigenvalue weighted by Gasteiger charge is -2.09. The maximum atomic E-state index is 14.3. The van der Waals surface area contributed by atoms with Crippen LogP contribution in [0.3, 0.4) is 0 Å². The van der Waals surface area contributed by atoms with Crippen molar-refractivity contribution >= 4 is 0 Å². The molecule has 0 amide bonds. The molecule has 0 spiro atoms. The molecular weight excluding hydrogens is 395 g/mol. The van der Waals surface area contributed by atoms with Crippen LogP contribution in [0, 0.1) is 11.7 Å². The van der Waals surface area contributed by atoms with Crippen molar-refractivity contribution in [3.8, 4) is 17.2 Å². The molecule has 0 unspecified atom stereocenters. The van der Waals surface area contributed by atoms with Crippen LogP contribution in [-0.2, 0) is 19.4 Å². The van der Waals surface area contributed by atoms with Crippen LogP contribution in [-0.4, -0.2) is 40.0 Å². The smallest absolute Gasteiger partial charge is 0.224 e. The third-order valence-corrected chi connectivity index (χ3v) is 5.08. The van der Waals surface area contributed by atoms with Crippen LogP contribution in [0.15, 0.2) is 36.5 Å². The Labute approximate surface area is 180 Å². The van der Waals surface area contributed by atoms with Crippen molar-refractivity contribution in [3.05, 3.63) is 59.6 Å². The molecule has 0 aliphatic rings. The monoisotopic (exact) mass is 422 g/mol. The minimum absolute atomic E-state index is 0.215. The van der Waals surface area contributed by atoms with Crippen LogP contribution in [0.2, 0.25) is 0 Å². The summed E-state index contributed by atoms with van der Waals surface area (Å²) in [5.41, 5.74) is 2.20. The van der Waals surface area contributed by atoms with E-state index in [-0.39, 0.29) is 11.5 Å². The molecule has 31 heavy (non-hydrogen) atoms. The van der Waals surface area contributed by atoms with E-state index in [0.29, 0.717) is 12.5 Å². The number of rotatable bonds is 9. The van der Waals surface area contributed by atoms with E-state index in [4.69, 9.17) is 10.1 Å². The van der Waals surface area contributed by atoms with E-state index in [2.05, 4.69) is 41.4 Å². The largest absolute Gasteiger partial charge is 0.311 e. The summed E-state index contributed by atoms with van der Waals surface area (Å²) in [6.45, 7) is 7.19. The van der Waals surface area contributed by atoms with Crippen LogP contribution >= 0.6 is 0 Å². The number of benzene rings is 1. The predicted octanol–water partition coefficient (Wildman–Crippen LogP) is 3.98. The zero-order valence-corrected chi connectivity index (χ0v) is 18.1. The summed E-state index contributed by atoms with van der Waals surface area (Å²) >= 11 is 0. The molecule has 162 valence electrons. The molecule has 0 bridgehead atoms. The Balaban J connectivity index is 1.57. The van der Waals surface area contributed by atoms with Crippen molar-refractivity contribution in [2.45, 2.75) is 53.0 Å². The molecule has 0 saturated carbocycles. The molecule has 0 fully saturated rings. The van der Waals surface area contributed by atoms with Crippen molar-refractivity contribution in [3.63, 3.8) is 0 Å². The second-order valence-corrected chi connectivity index (χ2v) is 8.09. The number of aryl methyl sites for hydroxylation is 1. The van der Waals surface area contributed by atoms with Crippen molar-refractivity contribution in [2.24, 2.45) is 5.92 Å². The molecule has 1 aromatic carbocycles. The highest BCUT2D eigenvalue weighted by Crippen LogP contribution is 2.24. The summed E-state index contributed by atoms with van der Waals surface area (Å²) in [4.78, 5) is 4.78. The van der Waals surface area contributed by atoms with Gasteiger partial charge < -0.3 is 4.57 Å². The minimum Gasteiger partial charge on any atom is -0.311 e. The summed E-state index contributed by atoms with van der Waals surface area (Å²) in [6.07, 6.45) is 5.68. The van der Waals surface area contributed by atoms with Gasteiger partial charge in [0.05, 0.1) is 6.54 Å². The zero-order valence-electron chi connectivity index (χ0n) is 18.1. The van der Waals surface area contributed by atoms with Gasteiger partial charge in [0.25, 0.3) is 0 Å². The van der Waals surface area contributed by atoms with E-state index in [1.807, 2.05) is 28.9 Å². The molecule has 3 aromatic heterocycles. The molecule has 1 N–H and O–H groups in total. The standard InChI is InChI=1S/C22H27FN8/c1-4-5-6-20-24-19(13-15(2)3)27-31(20)14-16-7-9-17(10-8-16)30-12-11-18(23)21(30)22-25-28-29-26-22/h7-12,15H,4-6,13-14H2,1-3H3,(H,25,26,28,29). The molecular formula is C22H27FN8. The van der Waals surface area contributed by atoms with Gasteiger partial charge in [0.2, 0.25) is 5.82 Å². The van der Waals surface area contributed by atoms with E-state index in [9.17, 15) is 4.39 Å². The van der Waals surface area contributed by atoms with Crippen molar-refractivity contribution in [1.82, 2.24) is 40.0 Å². The van der Waals surface area contributed by atoms with Gasteiger partial charge in [-0.25, -0.2) is 14.1 Å². The Morgan fingerprint density at radius 2 is 1.94 bits per heavy atom. The van der Waals surface area contributed by atoms with Gasteiger partial charge in [-0.2, -0.15) is 10.3 Å². The van der Waals surface area contributed by atoms with E-state index in [1.165, 1.54) is 6.07 Å². The third kappa shape index (κ3) is 4.70. The van der Waals surface area contributed by atoms with E-state index < -0.39 is 5.82 Å². The maximum absolute atomic E-state index is 14.3. The Bertz CT molecular complexity index is 1110. The SMILES string of the molecule is CCCCc1nc(CC(C)C)nn1Cc1ccc(-n2ccc(F)c2-c2nn[nH]n2)cc1. The number of nitrogens with zero attached hydrogens (tertiary/aromatic N) is 7. The van der Waals surface area contributed by atoms with Crippen LogP contribution in [0.1, 0.15) is 50.8 Å². The molecule has 0 atom stereocenters. The molecule has 4 rings (SSSR count). The van der Waals surface area contributed by atoms with Gasteiger partial charge in [0, 0.05) is 24.7 Å². The summed E-state index contributed by atoms with van der Waals surface area (Å²) in [5.74, 6) is 2.28. The zero-order chi connectivity index (χ0) is 21.8. The predicted molar refractivity (Wildman–Crippen MR) is 115 cm³/mol. The van der Waals surface area contributed by atoms with E-state index in [0.717, 1.165) is 48.6 Å². The van der Waals surface area contributed by atoms with Gasteiger partial charge in [-0.1, -0.05) is 39.3 Å². The lowest BCUT2D eigenvalue weighted by molar-refractivity contribution is 0.592. The maximum Gasteiger partial charge on any atom is 0.224 e. The van der Waals surface area contributed by atoms with Gasteiger partial charge in [-0.15, -0.1) is 10.2 Å². The van der Waals surface area contributed by atoms with Crippen LogP contribution in [0.5, 0.6) is 0 Å². The van der Waals surface area contributed by atoms with Crippen molar-refractivity contribution in [2.75, 3.05) is 0 Å². The van der Waals surface area contributed by atoms with Gasteiger partial charge >= 0.3 is 0 Å². The van der Waals surface area contributed by atoms with Crippen LogP contribution < -0.4 is 0 Å². The molecule has 9 heteroatoms. The van der Waals surface area contributed by atoms with Gasteiger partial charge in [-0.3, -0.25) is 0 Å². The van der Waals surface area contributed by atoms with Crippen molar-refractivity contribution in [1.29, 1.82) is 0 Å². The lowest BCUT2D eigenvalue weighted by Crippen LogP contribution is -2.08. The first kappa shape index (κ1) is 20.9. The minimum atomic E-state index is -0.397. The number of unbranched alkanes of at least 4 members (excludes halogenated alkanes) is 1. The van der Waals surface area contributed by atoms with Crippen LogP contribution in [0.25, 0.3) is 17.2 Å². The van der Waals surface area contributed by atoms with Crippen molar-refractivity contribution < 1.29 is 4.39 Å². The molecule has 0 radical (unpaired) electrons. The summed E-state index contributed by atoms with van der Waals surface area (Å²) in [6, 6.07) is 9.36. The molecule has 4 aromatic rings. The number of H-pyrrole nitrogens is 1. The molecule has 0 aliphatic carbocycles. The first-order chi connectivity index (χ1) is 15.0. The number of hydrogen-bond donors (Lipinski definition) is 1. The fourth-order valence-electron chi connectivity index (χ4n) is 3.56. The fraction of sp³-hybridized carbons (Fsp3) is 0.409. The second-order valence-electron chi connectivity index (χ2n) is 8.09. The average Bonchev–Trinajstić information content (AvgIpc) is 3.47. The molecule has 0 saturated heterocycles. The first-order valence-corrected chi connectivity index (χ1v) is 10.7. The highest BCUT2D eigenvalue weighted by Gasteiger charge is 2.17. The average molecular weight is 423 g/mol. The third-order valence-electron chi connectivity index (χ3n) is 5.08. The summed E-state index contributed by atoms with van der Waals surface area (Å²) < 4.78 is 18.0. The van der Waals surface area contributed by atoms with Gasteiger partial charge in [0.1, 0.15) is 11.5 Å². The van der Waals surface area contributed by atoms with E-state index in [1.54, 1.807) is 10.8 Å². The van der Waals surface area contributed by atoms with Gasteiger partial charge in [0.15, 0.2) is 11.6 Å². The summed E-state index contributed by atoms with van der Waals surface area (Å²) in [7, 11) is 0. The number of halogens is 1. The molecule has 8 nitrogen and oxygen atoms in total. The van der Waals surface area contributed by atoms with Crippen LogP contribution in [0.4, 0.5) is 4.39 Å². The number of aromatic amines is 1. The number of aromatic nitrogens is 8. The highest BCUT2D eigenvalue weighted by atomic mass is 19.1. The lowest BCUT2D eigenvalue weighted by atomic mass is 10.1. The quantitative estimate of drug-likeness (QED) is 0.441. The molecule has 3 heterocycles. The van der Waals surface area contributed by atoms with Gasteiger partial charge in [-0.05, 0) is 41.3 Å². The Hall–Kier alpha value is -3.36. The first-order valence-electron chi connectivity index (χ1n) is 10.7. The molecule has 0 aliphatic heterocycles. The Morgan fingerprint density at radius 3 is 2.61 bits per heavy atom. The number of tetrazole rings is 1. The van der Waals surface area contributed by atoms with E-state index >= 15 is 0 Å². The Kier molecular flexibility index (Phi) is 6.20. The number of hydrogen-bond acceptors (Lipinski definition) is 5. The Morgan fingerprint density at radius 1 is 1.13 bits per heavy atom. The summed E-state index contributed by atoms with van der Waals surface area (Å²) in [5, 5.41) is 18.5. The second kappa shape index (κ2) is 9.20. The topological polar surface area (TPSA) is 90.1 Å². The fourth-order valence-corrected chi connectivity index (χ4v) is 3.56. The normalized spacial score (nSPS) is 11.5.